The zero-order valence-electron chi connectivity index (χ0n) is 53.3. The molecule has 8 heterocycles. The van der Waals surface area contributed by atoms with Crippen molar-refractivity contribution in [2.24, 2.45) is 0 Å². The molecule has 10 heteroatoms. The van der Waals surface area contributed by atoms with Crippen LogP contribution in [0.3, 0.4) is 0 Å². The van der Waals surface area contributed by atoms with Crippen LogP contribution in [0.1, 0.15) is 0 Å². The van der Waals surface area contributed by atoms with Gasteiger partial charge in [0, 0.05) is 68.8 Å². The third-order valence-electron chi connectivity index (χ3n) is 21.1. The molecule has 0 bridgehead atoms. The van der Waals surface area contributed by atoms with Gasteiger partial charge in [0.25, 0.3) is 0 Å². The van der Waals surface area contributed by atoms with E-state index >= 15 is 0 Å². The smallest absolute Gasteiger partial charge is 0.221 e. The van der Waals surface area contributed by atoms with E-state index in [4.69, 9.17) is 24.4 Å². The fraction of sp³-hybridized carbons (Fsp3) is 0. The average molecular weight is 1290 g/mol. The summed E-state index contributed by atoms with van der Waals surface area (Å²) in [6.07, 6.45) is 0. The van der Waals surface area contributed by atoms with Crippen molar-refractivity contribution in [1.29, 1.82) is 0 Å². The highest BCUT2D eigenvalue weighted by atomic mass is 32.1. The van der Waals surface area contributed by atoms with Gasteiger partial charge in [-0.1, -0.05) is 194 Å². The van der Waals surface area contributed by atoms with Crippen LogP contribution in [0.2, 0.25) is 0 Å². The minimum atomic E-state index is 0.769. The van der Waals surface area contributed by atoms with Gasteiger partial charge in [0.05, 0.1) is 55.2 Å². The Morgan fingerprint density at radius 2 is 0.770 bits per heavy atom. The first-order chi connectivity index (χ1) is 49.6. The predicted octanol–water partition coefficient (Wildman–Crippen LogP) is 23.8. The Hall–Kier alpha value is -13.3. The maximum absolute atomic E-state index is 7.14. The topological polar surface area (TPSA) is 83.4 Å². The summed E-state index contributed by atoms with van der Waals surface area (Å²) in [5.74, 6) is 1.55. The summed E-state index contributed by atoms with van der Waals surface area (Å²) in [6, 6.07) is 110. The van der Waals surface area contributed by atoms with E-state index < -0.39 is 0 Å². The van der Waals surface area contributed by atoms with Gasteiger partial charge in [-0.3, -0.25) is 17.9 Å². The van der Waals surface area contributed by atoms with Crippen molar-refractivity contribution in [2.75, 3.05) is 0 Å². The van der Waals surface area contributed by atoms with Crippen molar-refractivity contribution >= 4 is 174 Å². The van der Waals surface area contributed by atoms with Crippen LogP contribution in [0.4, 0.5) is 0 Å². The lowest BCUT2D eigenvalue weighted by Gasteiger charge is -2.14. The molecule has 0 fully saturated rings. The number of benzene rings is 15. The monoisotopic (exact) mass is 1290 g/mol. The first-order valence-electron chi connectivity index (χ1n) is 33.8. The highest BCUT2D eigenvalue weighted by Gasteiger charge is 2.27. The first kappa shape index (κ1) is 53.9. The third kappa shape index (κ3) is 7.48. The molecule has 8 aromatic heterocycles. The Morgan fingerprint density at radius 1 is 0.270 bits per heavy atom. The lowest BCUT2D eigenvalue weighted by Crippen LogP contribution is -2.06. The summed E-state index contributed by atoms with van der Waals surface area (Å²) in [6.45, 7) is 0. The fourth-order valence-electron chi connectivity index (χ4n) is 16.7. The van der Waals surface area contributed by atoms with Crippen LogP contribution in [0.5, 0.6) is 0 Å². The van der Waals surface area contributed by atoms with E-state index in [1.807, 2.05) is 11.3 Å². The van der Waals surface area contributed by atoms with E-state index in [1.54, 1.807) is 0 Å². The minimum Gasteiger partial charge on any atom is -0.455 e. The molecule has 0 spiro atoms. The molecule has 0 aliphatic rings. The molecule has 100 heavy (non-hydrogen) atoms. The van der Waals surface area contributed by atoms with Gasteiger partial charge in [-0.15, -0.1) is 11.3 Å². The van der Waals surface area contributed by atoms with Gasteiger partial charge in [0.1, 0.15) is 22.5 Å². The molecule has 0 atom stereocenters. The number of hydrogen-bond donors (Lipinski definition) is 0. The average Bonchev–Trinajstić information content (AvgIpc) is 1.54. The summed E-state index contributed by atoms with van der Waals surface area (Å²) < 4.78 is 18.9. The number of imidazole rings is 2. The summed E-state index contributed by atoms with van der Waals surface area (Å²) in [5, 5.41) is 15.9. The van der Waals surface area contributed by atoms with Crippen molar-refractivity contribution < 1.29 is 4.42 Å². The van der Waals surface area contributed by atoms with Crippen molar-refractivity contribution in [2.45, 2.75) is 0 Å². The second-order valence-electron chi connectivity index (χ2n) is 26.4. The van der Waals surface area contributed by atoms with Crippen LogP contribution >= 0.6 is 11.3 Å². The Morgan fingerprint density at radius 3 is 1.46 bits per heavy atom. The molecule has 0 unspecified atom stereocenters. The van der Waals surface area contributed by atoms with E-state index in [2.05, 4.69) is 321 Å². The molecule has 0 amide bonds. The molecule has 0 saturated carbocycles. The fourth-order valence-corrected chi connectivity index (χ4v) is 17.9. The van der Waals surface area contributed by atoms with Crippen LogP contribution in [0.15, 0.2) is 308 Å². The number of nitrogens with zero attached hydrogens (tertiary/aromatic N) is 8. The largest absolute Gasteiger partial charge is 0.455 e. The van der Waals surface area contributed by atoms with Gasteiger partial charge in [0.15, 0.2) is 0 Å². The number of hydrogen-bond acceptors (Lipinski definition) is 6. The van der Waals surface area contributed by atoms with Crippen LogP contribution < -0.4 is 0 Å². The van der Waals surface area contributed by atoms with E-state index in [-0.39, 0.29) is 0 Å². The molecule has 23 rings (SSSR count). The molecule has 0 aliphatic carbocycles. The summed E-state index contributed by atoms with van der Waals surface area (Å²) in [7, 11) is 0. The Labute approximate surface area is 572 Å². The molecule has 0 N–H and O–H groups in total. The van der Waals surface area contributed by atoms with Crippen LogP contribution in [0.25, 0.3) is 219 Å². The van der Waals surface area contributed by atoms with Crippen molar-refractivity contribution in [3.8, 4) is 56.4 Å². The molecular formula is C90H50N8OS. The van der Waals surface area contributed by atoms with Gasteiger partial charge >= 0.3 is 0 Å². The first-order valence-corrected chi connectivity index (χ1v) is 34.7. The van der Waals surface area contributed by atoms with E-state index in [9.17, 15) is 0 Å². The second kappa shape index (κ2) is 20.2. The number of rotatable bonds is 6. The van der Waals surface area contributed by atoms with E-state index in [1.165, 1.54) is 69.4 Å². The molecule has 15 aromatic carbocycles. The molecular weight excluding hydrogens is 1240 g/mol. The van der Waals surface area contributed by atoms with E-state index in [0.717, 1.165) is 149 Å². The van der Waals surface area contributed by atoms with Crippen molar-refractivity contribution in [3.05, 3.63) is 303 Å². The molecule has 23 aromatic rings. The van der Waals surface area contributed by atoms with Crippen molar-refractivity contribution in [1.82, 2.24) is 37.9 Å². The van der Waals surface area contributed by atoms with Gasteiger partial charge in [0.2, 0.25) is 11.9 Å². The molecule has 0 radical (unpaired) electrons. The highest BCUT2D eigenvalue weighted by molar-refractivity contribution is 7.26. The molecule has 0 saturated heterocycles. The van der Waals surface area contributed by atoms with Gasteiger partial charge < -0.3 is 4.42 Å². The zero-order valence-corrected chi connectivity index (χ0v) is 54.1. The summed E-state index contributed by atoms with van der Waals surface area (Å²) in [5.41, 5.74) is 22.0. The SMILES string of the molecule is c1ccc(-c2ccc3sc4c(-c5ccc6c(c5)c5c7ccccc7ccc5n6-c5nc6ccc(-c7ccc(-c8ccc9c(c8)c8c%10ccccc%10ccc8n9-c8nc9ccccc9c9nc%10ccccc%10n89)c8oc9ccccc9c78)cc6c6nc7ccccc7n56)cccc4c3c2)cc1. The normalized spacial score (nSPS) is 12.4. The number of para-hydroxylation sites is 6. The predicted molar refractivity (Wildman–Crippen MR) is 415 cm³/mol. The Balaban J connectivity index is 0.709. The summed E-state index contributed by atoms with van der Waals surface area (Å²) in [4.78, 5) is 22.1. The lowest BCUT2D eigenvalue weighted by atomic mass is 9.93. The molecule has 0 aliphatic heterocycles. The lowest BCUT2D eigenvalue weighted by molar-refractivity contribution is 0.670. The number of thiophene rings is 1. The zero-order chi connectivity index (χ0) is 65.0. The van der Waals surface area contributed by atoms with Gasteiger partial charge in [-0.2, -0.15) is 0 Å². The Bertz CT molecular complexity index is 7550. The number of aromatic nitrogens is 8. The number of furan rings is 1. The van der Waals surface area contributed by atoms with E-state index in [0.29, 0.717) is 0 Å². The quantitative estimate of drug-likeness (QED) is 0.166. The molecule has 9 nitrogen and oxygen atoms in total. The Kier molecular flexibility index (Phi) is 10.9. The second-order valence-corrected chi connectivity index (χ2v) is 27.5. The minimum absolute atomic E-state index is 0.769. The highest BCUT2D eigenvalue weighted by Crippen LogP contribution is 2.48. The van der Waals surface area contributed by atoms with Crippen LogP contribution in [0, 0.1) is 0 Å². The third-order valence-corrected chi connectivity index (χ3v) is 22.3. The van der Waals surface area contributed by atoms with Gasteiger partial charge in [-0.05, 0) is 170 Å². The van der Waals surface area contributed by atoms with Gasteiger partial charge in [-0.25, -0.2) is 19.9 Å². The maximum Gasteiger partial charge on any atom is 0.221 e. The summed E-state index contributed by atoms with van der Waals surface area (Å²) >= 11 is 1.87. The standard InChI is InChI=1S/C90H50N8OS/c1-2-17-51(18-3-1)54-38-46-81-66(47-54)63-26-16-25-62(86(63)100-81)57-37-43-75-69(50-57)83-59-22-7-5-20-53(59)35-45-79(83)96(75)90-94-71-41-33-55(48-67(71)88-92-73-29-12-14-31-77(73)98(88)90)60-39-40-61(85-84(60)65-24-9-15-32-80(65)99-85)56-36-42-74-68(49-56)82-58-21-6-4-19-52(58)34-44-78(82)95(74)89-93-70-27-10-8-23-64(70)87-91-72-28-11-13-30-76(72)97(87)89/h1-50H. The van der Waals surface area contributed by atoms with Crippen molar-refractivity contribution in [3.63, 3.8) is 0 Å². The molecule has 462 valence electrons. The number of fused-ring (bicyclic) bond motifs is 26. The van der Waals surface area contributed by atoms with Crippen LogP contribution in [-0.2, 0) is 0 Å². The maximum atomic E-state index is 7.14. The van der Waals surface area contributed by atoms with Crippen LogP contribution in [-0.4, -0.2) is 37.9 Å².